The molecule has 2 atom stereocenters. The summed E-state index contributed by atoms with van der Waals surface area (Å²) in [5.74, 6) is -2.22. The largest absolute Gasteiger partial charge is 0.327 e. The fourth-order valence-corrected chi connectivity index (χ4v) is 4.85. The molecule has 1 aliphatic carbocycles. The molecule has 2 rings (SSSR count). The van der Waals surface area contributed by atoms with Crippen LogP contribution in [0.2, 0.25) is 0 Å². The Bertz CT molecular complexity index is 614. The van der Waals surface area contributed by atoms with Gasteiger partial charge in [0.05, 0.1) is 10.1 Å². The Morgan fingerprint density at radius 3 is 2.50 bits per heavy atom. The van der Waals surface area contributed by atoms with Crippen molar-refractivity contribution in [3.05, 3.63) is 29.8 Å². The molecule has 2 N–H and O–H groups in total. The molecule has 1 aromatic carbocycles. The normalized spacial score (nSPS) is 26.4. The Morgan fingerprint density at radius 2 is 1.90 bits per heavy atom. The first-order valence-electron chi connectivity index (χ1n) is 6.58. The lowest BCUT2D eigenvalue weighted by molar-refractivity contribution is 0.227. The molecule has 0 amide bonds. The van der Waals surface area contributed by atoms with Crippen molar-refractivity contribution in [3.8, 4) is 0 Å². The highest BCUT2D eigenvalue weighted by molar-refractivity contribution is 7.92. The van der Waals surface area contributed by atoms with Crippen LogP contribution in [-0.2, 0) is 9.84 Å². The van der Waals surface area contributed by atoms with Gasteiger partial charge in [-0.2, -0.15) is 0 Å². The number of nitrogens with two attached hydrogens (primary N) is 1. The molecular weight excluding hydrogens is 284 g/mol. The summed E-state index contributed by atoms with van der Waals surface area (Å²) < 4.78 is 51.3. The lowest BCUT2D eigenvalue weighted by atomic mass is 9.75. The van der Waals surface area contributed by atoms with Gasteiger partial charge in [-0.1, -0.05) is 13.8 Å². The fraction of sp³-hybridized carbons (Fsp3) is 0.571. The summed E-state index contributed by atoms with van der Waals surface area (Å²) in [5.41, 5.74) is 5.83. The SMILES string of the molecule is CC1(C)CCC(N)C(S(=O)(=O)c2ccc(F)c(F)c2)C1. The van der Waals surface area contributed by atoms with Crippen LogP contribution < -0.4 is 5.73 Å². The van der Waals surface area contributed by atoms with Gasteiger partial charge in [0.25, 0.3) is 0 Å². The zero-order chi connectivity index (χ0) is 15.1. The van der Waals surface area contributed by atoms with Crippen molar-refractivity contribution in [2.75, 3.05) is 0 Å². The van der Waals surface area contributed by atoms with Crippen molar-refractivity contribution in [1.82, 2.24) is 0 Å². The molecule has 0 aromatic heterocycles. The van der Waals surface area contributed by atoms with Crippen LogP contribution in [-0.4, -0.2) is 19.7 Å². The average Bonchev–Trinajstić information content (AvgIpc) is 2.35. The maximum atomic E-state index is 13.3. The first-order valence-corrected chi connectivity index (χ1v) is 8.13. The third-order valence-electron chi connectivity index (χ3n) is 4.00. The maximum absolute atomic E-state index is 13.3. The minimum atomic E-state index is -3.75. The van der Waals surface area contributed by atoms with E-state index >= 15 is 0 Å². The van der Waals surface area contributed by atoms with Crippen molar-refractivity contribution in [3.63, 3.8) is 0 Å². The van der Waals surface area contributed by atoms with E-state index in [9.17, 15) is 17.2 Å². The second-order valence-corrected chi connectivity index (χ2v) is 8.40. The van der Waals surface area contributed by atoms with Gasteiger partial charge in [0.1, 0.15) is 0 Å². The molecule has 1 aliphatic rings. The van der Waals surface area contributed by atoms with Crippen LogP contribution in [0.3, 0.4) is 0 Å². The smallest absolute Gasteiger partial charge is 0.182 e. The molecule has 0 radical (unpaired) electrons. The van der Waals surface area contributed by atoms with E-state index in [0.29, 0.717) is 12.8 Å². The van der Waals surface area contributed by atoms with Crippen LogP contribution in [0.1, 0.15) is 33.1 Å². The van der Waals surface area contributed by atoms with Crippen molar-refractivity contribution in [2.24, 2.45) is 11.1 Å². The predicted octanol–water partition coefficient (Wildman–Crippen LogP) is 2.64. The summed E-state index contributed by atoms with van der Waals surface area (Å²) in [6.07, 6.45) is 1.90. The molecular formula is C14H19F2NO2S. The van der Waals surface area contributed by atoms with E-state index in [-0.39, 0.29) is 10.3 Å². The van der Waals surface area contributed by atoms with Crippen molar-refractivity contribution >= 4 is 9.84 Å². The van der Waals surface area contributed by atoms with E-state index < -0.39 is 32.8 Å². The lowest BCUT2D eigenvalue weighted by Crippen LogP contribution is -2.47. The monoisotopic (exact) mass is 303 g/mol. The fourth-order valence-electron chi connectivity index (χ4n) is 2.71. The van der Waals surface area contributed by atoms with Crippen LogP contribution in [0.25, 0.3) is 0 Å². The molecule has 0 heterocycles. The number of hydrogen-bond acceptors (Lipinski definition) is 3. The zero-order valence-corrected chi connectivity index (χ0v) is 12.4. The standard InChI is InChI=1S/C14H19F2NO2S/c1-14(2)6-5-12(17)13(8-14)20(18,19)9-3-4-10(15)11(16)7-9/h3-4,7,12-13H,5-6,8,17H2,1-2H3. The minimum absolute atomic E-state index is 0.119. The third kappa shape index (κ3) is 2.86. The minimum Gasteiger partial charge on any atom is -0.327 e. The average molecular weight is 303 g/mol. The Hall–Kier alpha value is -1.01. The van der Waals surface area contributed by atoms with Crippen LogP contribution >= 0.6 is 0 Å². The number of halogens is 2. The number of rotatable bonds is 2. The molecule has 0 saturated heterocycles. The van der Waals surface area contributed by atoms with E-state index in [0.717, 1.165) is 24.6 Å². The summed E-state index contributed by atoms with van der Waals surface area (Å²) in [5, 5.41) is -0.754. The van der Waals surface area contributed by atoms with Crippen molar-refractivity contribution < 1.29 is 17.2 Å². The quantitative estimate of drug-likeness (QED) is 0.854. The van der Waals surface area contributed by atoms with E-state index in [1.165, 1.54) is 0 Å². The van der Waals surface area contributed by atoms with Gasteiger partial charge in [-0.05, 0) is 42.9 Å². The Kier molecular flexibility index (Phi) is 3.90. The maximum Gasteiger partial charge on any atom is 0.182 e. The van der Waals surface area contributed by atoms with Gasteiger partial charge in [0, 0.05) is 6.04 Å². The molecule has 0 bridgehead atoms. The van der Waals surface area contributed by atoms with Gasteiger partial charge in [-0.3, -0.25) is 0 Å². The van der Waals surface area contributed by atoms with Gasteiger partial charge in [0.15, 0.2) is 21.5 Å². The molecule has 20 heavy (non-hydrogen) atoms. The summed E-state index contributed by atoms with van der Waals surface area (Å²) in [6.45, 7) is 3.99. The van der Waals surface area contributed by atoms with Gasteiger partial charge in [-0.25, -0.2) is 17.2 Å². The van der Waals surface area contributed by atoms with E-state index in [1.54, 1.807) is 0 Å². The van der Waals surface area contributed by atoms with E-state index in [4.69, 9.17) is 5.73 Å². The van der Waals surface area contributed by atoms with Crippen LogP contribution in [0.15, 0.2) is 23.1 Å². The Labute approximate surface area is 118 Å². The number of benzene rings is 1. The Balaban J connectivity index is 2.40. The number of hydrogen-bond donors (Lipinski definition) is 1. The predicted molar refractivity (Wildman–Crippen MR) is 72.9 cm³/mol. The second kappa shape index (κ2) is 5.07. The highest BCUT2D eigenvalue weighted by Crippen LogP contribution is 2.39. The molecule has 6 heteroatoms. The van der Waals surface area contributed by atoms with Gasteiger partial charge >= 0.3 is 0 Å². The number of sulfone groups is 1. The summed E-state index contributed by atoms with van der Waals surface area (Å²) in [6, 6.07) is 2.20. The van der Waals surface area contributed by atoms with Crippen molar-refractivity contribution in [2.45, 2.75) is 49.3 Å². The van der Waals surface area contributed by atoms with Crippen molar-refractivity contribution in [1.29, 1.82) is 0 Å². The Morgan fingerprint density at radius 1 is 1.25 bits per heavy atom. The first-order chi connectivity index (χ1) is 9.13. The molecule has 112 valence electrons. The molecule has 1 fully saturated rings. The summed E-state index contributed by atoms with van der Waals surface area (Å²) >= 11 is 0. The lowest BCUT2D eigenvalue weighted by Gasteiger charge is -2.38. The molecule has 0 aliphatic heterocycles. The van der Waals surface area contributed by atoms with Crippen LogP contribution in [0, 0.1) is 17.0 Å². The molecule has 1 saturated carbocycles. The third-order valence-corrected chi connectivity index (χ3v) is 6.23. The van der Waals surface area contributed by atoms with Gasteiger partial charge in [0.2, 0.25) is 0 Å². The highest BCUT2D eigenvalue weighted by atomic mass is 32.2. The first kappa shape index (κ1) is 15.4. The van der Waals surface area contributed by atoms with Crippen LogP contribution in [0.5, 0.6) is 0 Å². The second-order valence-electron chi connectivity index (χ2n) is 6.23. The molecule has 0 spiro atoms. The summed E-state index contributed by atoms with van der Waals surface area (Å²) in [4.78, 5) is -0.199. The van der Waals surface area contributed by atoms with Gasteiger partial charge in [-0.15, -0.1) is 0 Å². The highest BCUT2D eigenvalue weighted by Gasteiger charge is 2.41. The van der Waals surface area contributed by atoms with Gasteiger partial charge < -0.3 is 5.73 Å². The topological polar surface area (TPSA) is 60.2 Å². The molecule has 3 nitrogen and oxygen atoms in total. The summed E-state index contributed by atoms with van der Waals surface area (Å²) in [7, 11) is -3.75. The molecule has 1 aromatic rings. The van der Waals surface area contributed by atoms with Crippen LogP contribution in [0.4, 0.5) is 8.78 Å². The van der Waals surface area contributed by atoms with E-state index in [2.05, 4.69) is 0 Å². The molecule has 2 unspecified atom stereocenters. The zero-order valence-electron chi connectivity index (χ0n) is 11.6. The van der Waals surface area contributed by atoms with E-state index in [1.807, 2.05) is 13.8 Å².